The van der Waals surface area contributed by atoms with Crippen LogP contribution in [-0.2, 0) is 6.54 Å². The zero-order valence-corrected chi connectivity index (χ0v) is 12.8. The van der Waals surface area contributed by atoms with Gasteiger partial charge >= 0.3 is 0 Å². The van der Waals surface area contributed by atoms with Crippen molar-refractivity contribution in [2.75, 3.05) is 19.7 Å². The van der Waals surface area contributed by atoms with E-state index < -0.39 is 0 Å². The highest BCUT2D eigenvalue weighted by atomic mass is 16.5. The van der Waals surface area contributed by atoms with Crippen molar-refractivity contribution in [3.8, 4) is 11.5 Å². The summed E-state index contributed by atoms with van der Waals surface area (Å²) >= 11 is 0. The van der Waals surface area contributed by atoms with Crippen LogP contribution >= 0.6 is 0 Å². The highest BCUT2D eigenvalue weighted by molar-refractivity contribution is 5.45. The van der Waals surface area contributed by atoms with Gasteiger partial charge in [-0.3, -0.25) is 0 Å². The van der Waals surface area contributed by atoms with Crippen LogP contribution in [0.2, 0.25) is 0 Å². The van der Waals surface area contributed by atoms with Gasteiger partial charge in [-0.1, -0.05) is 12.1 Å². The smallest absolute Gasteiger partial charge is 0.162 e. The van der Waals surface area contributed by atoms with Crippen molar-refractivity contribution in [3.05, 3.63) is 23.8 Å². The van der Waals surface area contributed by atoms with Crippen LogP contribution in [0.5, 0.6) is 11.5 Å². The van der Waals surface area contributed by atoms with E-state index in [9.17, 15) is 5.11 Å². The van der Waals surface area contributed by atoms with Gasteiger partial charge in [-0.05, 0) is 51.8 Å². The third kappa shape index (κ3) is 3.69. The summed E-state index contributed by atoms with van der Waals surface area (Å²) in [7, 11) is 0. The molecule has 1 aromatic carbocycles. The number of rotatable bonds is 6. The van der Waals surface area contributed by atoms with Crippen LogP contribution in [-0.4, -0.2) is 41.8 Å². The van der Waals surface area contributed by atoms with Gasteiger partial charge in [0.25, 0.3) is 0 Å². The molecule has 1 heterocycles. The highest BCUT2D eigenvalue weighted by Crippen LogP contribution is 2.31. The predicted molar refractivity (Wildman–Crippen MR) is 83.7 cm³/mol. The first-order valence-electron chi connectivity index (χ1n) is 8.19. The lowest BCUT2D eigenvalue weighted by molar-refractivity contribution is 0.189. The average Bonchev–Trinajstić information content (AvgIpc) is 3.34. The molecule has 1 aromatic rings. The molecule has 0 spiro atoms. The molecule has 21 heavy (non-hydrogen) atoms. The van der Waals surface area contributed by atoms with E-state index in [4.69, 9.17) is 4.74 Å². The molecule has 2 N–H and O–H groups in total. The molecular weight excluding hydrogens is 264 g/mol. The maximum atomic E-state index is 10.2. The summed E-state index contributed by atoms with van der Waals surface area (Å²) in [6.45, 7) is 5.64. The van der Waals surface area contributed by atoms with Crippen LogP contribution in [0.1, 0.15) is 38.2 Å². The highest BCUT2D eigenvalue weighted by Gasteiger charge is 2.31. The fourth-order valence-corrected chi connectivity index (χ4v) is 3.15. The van der Waals surface area contributed by atoms with Crippen LogP contribution in [0.15, 0.2) is 18.2 Å². The van der Waals surface area contributed by atoms with Gasteiger partial charge in [0, 0.05) is 24.2 Å². The molecule has 1 saturated heterocycles. The zero-order chi connectivity index (χ0) is 14.7. The molecule has 2 fully saturated rings. The molecule has 2 aliphatic rings. The van der Waals surface area contributed by atoms with Gasteiger partial charge in [-0.15, -0.1) is 0 Å². The van der Waals surface area contributed by atoms with E-state index in [0.717, 1.165) is 11.6 Å². The molecule has 3 rings (SSSR count). The number of nitrogens with one attached hydrogen (secondary N) is 1. The number of phenolic OH excluding ortho intramolecular Hbond substituents is 1. The Morgan fingerprint density at radius 3 is 2.67 bits per heavy atom. The van der Waals surface area contributed by atoms with Crippen molar-refractivity contribution in [1.29, 1.82) is 0 Å². The number of benzene rings is 1. The first kappa shape index (κ1) is 14.7. The monoisotopic (exact) mass is 290 g/mol. The van der Waals surface area contributed by atoms with Crippen LogP contribution in [0.4, 0.5) is 0 Å². The summed E-state index contributed by atoms with van der Waals surface area (Å²) in [4.78, 5) is 2.63. The molecule has 0 radical (unpaired) electrons. The molecule has 116 valence electrons. The Balaban J connectivity index is 1.50. The second kappa shape index (κ2) is 6.67. The molecule has 4 heteroatoms. The number of ether oxygens (including phenoxy) is 1. The van der Waals surface area contributed by atoms with Gasteiger partial charge in [0.05, 0.1) is 6.61 Å². The number of piperidine rings is 1. The van der Waals surface area contributed by atoms with E-state index in [-0.39, 0.29) is 5.75 Å². The van der Waals surface area contributed by atoms with Crippen LogP contribution in [0.3, 0.4) is 0 Å². The minimum Gasteiger partial charge on any atom is -0.504 e. The largest absolute Gasteiger partial charge is 0.504 e. The van der Waals surface area contributed by atoms with Crippen molar-refractivity contribution in [2.24, 2.45) is 0 Å². The Morgan fingerprint density at radius 2 is 2.00 bits per heavy atom. The molecule has 0 bridgehead atoms. The van der Waals surface area contributed by atoms with Crippen LogP contribution in [0, 0.1) is 0 Å². The van der Waals surface area contributed by atoms with Crippen molar-refractivity contribution < 1.29 is 9.84 Å². The number of hydrogen-bond donors (Lipinski definition) is 2. The lowest BCUT2D eigenvalue weighted by atomic mass is 10.0. The topological polar surface area (TPSA) is 44.7 Å². The summed E-state index contributed by atoms with van der Waals surface area (Å²) in [5.74, 6) is 0.864. The first-order valence-corrected chi connectivity index (χ1v) is 8.19. The van der Waals surface area contributed by atoms with Gasteiger partial charge in [0.1, 0.15) is 0 Å². The quantitative estimate of drug-likeness (QED) is 0.845. The molecule has 4 nitrogen and oxygen atoms in total. The standard InChI is InChI=1S/C17H26N2O2/c1-2-21-16-5-3-4-13(17(16)20)12-18-14-8-10-19(11-9-14)15-6-7-15/h3-5,14-15,18,20H,2,6-12H2,1H3. The van der Waals surface area contributed by atoms with E-state index in [2.05, 4.69) is 10.2 Å². The van der Waals surface area contributed by atoms with E-state index in [1.54, 1.807) is 0 Å². The zero-order valence-electron chi connectivity index (χ0n) is 12.8. The molecule has 0 unspecified atom stereocenters. The second-order valence-electron chi connectivity index (χ2n) is 6.12. The lowest BCUT2D eigenvalue weighted by Gasteiger charge is -2.32. The van der Waals surface area contributed by atoms with E-state index >= 15 is 0 Å². The normalized spacial score (nSPS) is 20.6. The van der Waals surface area contributed by atoms with E-state index in [0.29, 0.717) is 24.9 Å². The third-order valence-corrected chi connectivity index (χ3v) is 4.56. The van der Waals surface area contributed by atoms with Crippen molar-refractivity contribution in [3.63, 3.8) is 0 Å². The minimum atomic E-state index is 0.280. The van der Waals surface area contributed by atoms with Crippen molar-refractivity contribution in [1.82, 2.24) is 10.2 Å². The Labute approximate surface area is 127 Å². The molecule has 1 aliphatic carbocycles. The van der Waals surface area contributed by atoms with Gasteiger partial charge in [-0.2, -0.15) is 0 Å². The Bertz CT molecular complexity index is 466. The maximum absolute atomic E-state index is 10.2. The van der Waals surface area contributed by atoms with Gasteiger partial charge in [-0.25, -0.2) is 0 Å². The molecule has 1 aliphatic heterocycles. The van der Waals surface area contributed by atoms with Gasteiger partial charge in [0.15, 0.2) is 11.5 Å². The molecular formula is C17H26N2O2. The molecule has 0 aromatic heterocycles. The van der Waals surface area contributed by atoms with Crippen LogP contribution < -0.4 is 10.1 Å². The summed E-state index contributed by atoms with van der Waals surface area (Å²) < 4.78 is 5.43. The Hall–Kier alpha value is -1.26. The number of para-hydroxylation sites is 1. The number of phenols is 1. The van der Waals surface area contributed by atoms with Gasteiger partial charge in [0.2, 0.25) is 0 Å². The SMILES string of the molecule is CCOc1cccc(CNC2CCN(C3CC3)CC2)c1O. The summed E-state index contributed by atoms with van der Waals surface area (Å²) in [6, 6.07) is 7.17. The number of aromatic hydroxyl groups is 1. The molecule has 1 saturated carbocycles. The number of hydrogen-bond acceptors (Lipinski definition) is 4. The fourth-order valence-electron chi connectivity index (χ4n) is 3.15. The Morgan fingerprint density at radius 1 is 1.24 bits per heavy atom. The predicted octanol–water partition coefficient (Wildman–Crippen LogP) is 2.51. The first-order chi connectivity index (χ1) is 10.3. The molecule has 0 atom stereocenters. The van der Waals surface area contributed by atoms with Crippen molar-refractivity contribution >= 4 is 0 Å². The maximum Gasteiger partial charge on any atom is 0.162 e. The second-order valence-corrected chi connectivity index (χ2v) is 6.12. The van der Waals surface area contributed by atoms with E-state index in [1.807, 2.05) is 25.1 Å². The third-order valence-electron chi connectivity index (χ3n) is 4.56. The average molecular weight is 290 g/mol. The summed E-state index contributed by atoms with van der Waals surface area (Å²) in [5.41, 5.74) is 0.922. The number of nitrogens with zero attached hydrogens (tertiary/aromatic N) is 1. The minimum absolute atomic E-state index is 0.280. The lowest BCUT2D eigenvalue weighted by Crippen LogP contribution is -2.43. The summed E-state index contributed by atoms with van der Waals surface area (Å²) in [5, 5.41) is 13.8. The number of likely N-dealkylation sites (tertiary alicyclic amines) is 1. The van der Waals surface area contributed by atoms with E-state index in [1.165, 1.54) is 38.8 Å². The Kier molecular flexibility index (Phi) is 4.66. The van der Waals surface area contributed by atoms with Crippen molar-refractivity contribution in [2.45, 2.75) is 51.2 Å². The summed E-state index contributed by atoms with van der Waals surface area (Å²) in [6.07, 6.45) is 5.22. The van der Waals surface area contributed by atoms with Crippen LogP contribution in [0.25, 0.3) is 0 Å². The van der Waals surface area contributed by atoms with Gasteiger partial charge < -0.3 is 20.1 Å². The fraction of sp³-hybridized carbons (Fsp3) is 0.647. The molecule has 0 amide bonds.